The molecule has 3 aliphatic rings. The van der Waals surface area contributed by atoms with Gasteiger partial charge in [0.25, 0.3) is 0 Å². The van der Waals surface area contributed by atoms with Gasteiger partial charge in [-0.05, 0) is 56.9 Å². The lowest BCUT2D eigenvalue weighted by molar-refractivity contribution is -0.00647. The lowest BCUT2D eigenvalue weighted by Crippen LogP contribution is -2.59. The lowest BCUT2D eigenvalue weighted by Gasteiger charge is -2.49. The Kier molecular flexibility index (Phi) is 4.19. The highest BCUT2D eigenvalue weighted by molar-refractivity contribution is 4.95. The molecule has 19 heavy (non-hydrogen) atoms. The summed E-state index contributed by atoms with van der Waals surface area (Å²) in [6, 6.07) is 2.60. The van der Waals surface area contributed by atoms with Crippen molar-refractivity contribution in [3.8, 4) is 0 Å². The first-order valence-corrected chi connectivity index (χ1v) is 8.67. The van der Waals surface area contributed by atoms with E-state index in [0.29, 0.717) is 0 Å². The second-order valence-electron chi connectivity index (χ2n) is 7.62. The van der Waals surface area contributed by atoms with Gasteiger partial charge in [-0.2, -0.15) is 0 Å². The summed E-state index contributed by atoms with van der Waals surface area (Å²) < 4.78 is 0. The number of piperazine rings is 1. The third kappa shape index (κ3) is 2.85. The van der Waals surface area contributed by atoms with Gasteiger partial charge in [0.05, 0.1) is 0 Å². The molecule has 0 aromatic rings. The van der Waals surface area contributed by atoms with Crippen LogP contribution < -0.4 is 0 Å². The second-order valence-corrected chi connectivity index (χ2v) is 7.62. The minimum Gasteiger partial charge on any atom is -0.298 e. The fraction of sp³-hybridized carbons (Fsp3) is 1.00. The van der Waals surface area contributed by atoms with E-state index in [-0.39, 0.29) is 0 Å². The average molecular weight is 264 g/mol. The summed E-state index contributed by atoms with van der Waals surface area (Å²) in [5.74, 6) is 1.88. The van der Waals surface area contributed by atoms with Crippen molar-refractivity contribution < 1.29 is 0 Å². The first-order valence-electron chi connectivity index (χ1n) is 8.67. The molecule has 2 heterocycles. The summed E-state index contributed by atoms with van der Waals surface area (Å²) in [4.78, 5) is 5.71. The molecular weight excluding hydrogens is 232 g/mol. The summed E-state index contributed by atoms with van der Waals surface area (Å²) in [6.45, 7) is 11.4. The van der Waals surface area contributed by atoms with Crippen molar-refractivity contribution >= 4 is 0 Å². The van der Waals surface area contributed by atoms with Gasteiger partial charge in [-0.25, -0.2) is 0 Å². The highest BCUT2D eigenvalue weighted by Gasteiger charge is 2.40. The van der Waals surface area contributed by atoms with Crippen LogP contribution in [0.2, 0.25) is 0 Å². The van der Waals surface area contributed by atoms with Crippen molar-refractivity contribution in [2.24, 2.45) is 11.8 Å². The van der Waals surface area contributed by atoms with E-state index in [9.17, 15) is 0 Å². The Morgan fingerprint density at radius 1 is 0.947 bits per heavy atom. The van der Waals surface area contributed by atoms with Crippen LogP contribution in [0.15, 0.2) is 0 Å². The minimum atomic E-state index is 0.830. The van der Waals surface area contributed by atoms with Gasteiger partial charge in [0, 0.05) is 31.2 Å². The molecule has 2 aliphatic heterocycles. The normalized spacial score (nSPS) is 45.3. The summed E-state index contributed by atoms with van der Waals surface area (Å²) in [5.41, 5.74) is 0. The van der Waals surface area contributed by atoms with Crippen LogP contribution in [0, 0.1) is 11.8 Å². The number of hydrogen-bond donors (Lipinski definition) is 0. The fourth-order valence-corrected chi connectivity index (χ4v) is 5.10. The molecule has 2 saturated heterocycles. The van der Waals surface area contributed by atoms with Crippen molar-refractivity contribution in [2.45, 2.75) is 77.4 Å². The Morgan fingerprint density at radius 3 is 2.37 bits per heavy atom. The average Bonchev–Trinajstić information content (AvgIpc) is 2.83. The van der Waals surface area contributed by atoms with Crippen molar-refractivity contribution in [3.63, 3.8) is 0 Å². The number of nitrogens with zero attached hydrogens (tertiary/aromatic N) is 2. The van der Waals surface area contributed by atoms with Gasteiger partial charge in [0.2, 0.25) is 0 Å². The van der Waals surface area contributed by atoms with Gasteiger partial charge in [0.1, 0.15) is 0 Å². The highest BCUT2D eigenvalue weighted by atomic mass is 15.3. The smallest absolute Gasteiger partial charge is 0.0224 e. The molecule has 0 N–H and O–H groups in total. The Balaban J connectivity index is 1.70. The molecular formula is C17H32N2. The molecule has 4 unspecified atom stereocenters. The maximum atomic E-state index is 2.93. The summed E-state index contributed by atoms with van der Waals surface area (Å²) in [7, 11) is 0. The number of rotatable bonds is 2. The lowest BCUT2D eigenvalue weighted by atomic mass is 9.79. The Bertz CT molecular complexity index is 294. The van der Waals surface area contributed by atoms with E-state index < -0.39 is 0 Å². The monoisotopic (exact) mass is 264 g/mol. The fourth-order valence-electron chi connectivity index (χ4n) is 5.10. The third-order valence-electron chi connectivity index (χ3n) is 5.93. The molecule has 0 aromatic carbocycles. The molecule has 1 aliphatic carbocycles. The van der Waals surface area contributed by atoms with Gasteiger partial charge >= 0.3 is 0 Å². The molecule has 0 bridgehead atoms. The minimum absolute atomic E-state index is 0.830. The maximum Gasteiger partial charge on any atom is 0.0224 e. The van der Waals surface area contributed by atoms with Crippen LogP contribution in [0.1, 0.15) is 59.3 Å². The number of fused-ring (bicyclic) bond motifs is 1. The summed E-state index contributed by atoms with van der Waals surface area (Å²) in [6.07, 6.45) is 8.58. The van der Waals surface area contributed by atoms with Crippen LogP contribution in [0.4, 0.5) is 0 Å². The molecule has 1 saturated carbocycles. The predicted octanol–water partition coefficient (Wildman–Crippen LogP) is 3.37. The summed E-state index contributed by atoms with van der Waals surface area (Å²) in [5, 5.41) is 0. The molecule has 0 radical (unpaired) electrons. The van der Waals surface area contributed by atoms with E-state index in [1.165, 1.54) is 58.2 Å². The quantitative estimate of drug-likeness (QED) is 0.754. The third-order valence-corrected chi connectivity index (χ3v) is 5.93. The SMILES string of the molecule is CCC1CN2CCCC2CN1C1CC(C)CC(C)C1. The van der Waals surface area contributed by atoms with Crippen LogP contribution in [-0.4, -0.2) is 47.6 Å². The molecule has 2 nitrogen and oxygen atoms in total. The Hall–Kier alpha value is -0.0800. The molecule has 3 fully saturated rings. The van der Waals surface area contributed by atoms with Crippen molar-refractivity contribution in [3.05, 3.63) is 0 Å². The first-order chi connectivity index (χ1) is 9.17. The van der Waals surface area contributed by atoms with E-state index in [2.05, 4.69) is 30.6 Å². The standard InChI is InChI=1S/C17H32N2/c1-4-15-11-18-7-5-6-16(18)12-19(15)17-9-13(2)8-14(3)10-17/h13-17H,4-12H2,1-3H3. The van der Waals surface area contributed by atoms with Crippen molar-refractivity contribution in [1.29, 1.82) is 0 Å². The highest BCUT2D eigenvalue weighted by Crippen LogP contribution is 2.35. The van der Waals surface area contributed by atoms with Gasteiger partial charge in [-0.15, -0.1) is 0 Å². The van der Waals surface area contributed by atoms with Crippen LogP contribution in [0.5, 0.6) is 0 Å². The van der Waals surface area contributed by atoms with Gasteiger partial charge in [0.15, 0.2) is 0 Å². The van der Waals surface area contributed by atoms with Crippen LogP contribution in [-0.2, 0) is 0 Å². The van der Waals surface area contributed by atoms with Crippen LogP contribution >= 0.6 is 0 Å². The molecule has 110 valence electrons. The zero-order valence-electron chi connectivity index (χ0n) is 13.1. The number of hydrogen-bond acceptors (Lipinski definition) is 2. The molecule has 3 rings (SSSR count). The maximum absolute atomic E-state index is 2.93. The first kappa shape index (κ1) is 13.9. The van der Waals surface area contributed by atoms with Crippen LogP contribution in [0.25, 0.3) is 0 Å². The van der Waals surface area contributed by atoms with Crippen molar-refractivity contribution in [1.82, 2.24) is 9.80 Å². The zero-order chi connectivity index (χ0) is 13.4. The van der Waals surface area contributed by atoms with E-state index in [4.69, 9.17) is 0 Å². The van der Waals surface area contributed by atoms with E-state index >= 15 is 0 Å². The Morgan fingerprint density at radius 2 is 1.68 bits per heavy atom. The Labute approximate surface area is 119 Å². The molecule has 4 atom stereocenters. The van der Waals surface area contributed by atoms with E-state index in [1.54, 1.807) is 0 Å². The van der Waals surface area contributed by atoms with Gasteiger partial charge in [-0.3, -0.25) is 9.80 Å². The largest absolute Gasteiger partial charge is 0.298 e. The molecule has 2 heteroatoms. The zero-order valence-corrected chi connectivity index (χ0v) is 13.1. The van der Waals surface area contributed by atoms with Gasteiger partial charge < -0.3 is 0 Å². The molecule has 0 amide bonds. The van der Waals surface area contributed by atoms with E-state index in [0.717, 1.165) is 30.0 Å². The van der Waals surface area contributed by atoms with Crippen LogP contribution in [0.3, 0.4) is 0 Å². The molecule has 0 spiro atoms. The second kappa shape index (κ2) is 5.73. The topological polar surface area (TPSA) is 6.48 Å². The predicted molar refractivity (Wildman–Crippen MR) is 81.3 cm³/mol. The van der Waals surface area contributed by atoms with Crippen molar-refractivity contribution in [2.75, 3.05) is 19.6 Å². The summed E-state index contributed by atoms with van der Waals surface area (Å²) >= 11 is 0. The molecule has 0 aromatic heterocycles. The van der Waals surface area contributed by atoms with Gasteiger partial charge in [-0.1, -0.05) is 20.8 Å². The van der Waals surface area contributed by atoms with E-state index in [1.807, 2.05) is 0 Å².